The van der Waals surface area contributed by atoms with Crippen molar-refractivity contribution in [3.8, 4) is 5.75 Å². The SMILES string of the molecule is CCOC(=O)C1=C(C)N=c2s/c(=C/c3cc(Br)c(OCC(=O)O)c(I)c3)c(=O)n2[C@H]1c1ccc(C)cc1. The van der Waals surface area contributed by atoms with Crippen molar-refractivity contribution in [3.63, 3.8) is 0 Å². The van der Waals surface area contributed by atoms with Gasteiger partial charge >= 0.3 is 11.9 Å². The number of aromatic nitrogens is 1. The average Bonchev–Trinajstić information content (AvgIpc) is 3.12. The highest BCUT2D eigenvalue weighted by atomic mass is 127. The summed E-state index contributed by atoms with van der Waals surface area (Å²) in [5.41, 5.74) is 3.13. The number of halogens is 2. The number of carboxylic acids is 1. The third kappa shape index (κ3) is 5.73. The van der Waals surface area contributed by atoms with Crippen molar-refractivity contribution in [3.05, 3.63) is 92.1 Å². The van der Waals surface area contributed by atoms with Gasteiger partial charge in [-0.3, -0.25) is 9.36 Å². The quantitative estimate of drug-likeness (QED) is 0.297. The maximum Gasteiger partial charge on any atom is 0.341 e. The van der Waals surface area contributed by atoms with Crippen LogP contribution in [0.25, 0.3) is 6.08 Å². The molecule has 0 saturated carbocycles. The van der Waals surface area contributed by atoms with Gasteiger partial charge in [-0.25, -0.2) is 14.6 Å². The molecule has 0 unspecified atom stereocenters. The molecule has 192 valence electrons. The van der Waals surface area contributed by atoms with Crippen LogP contribution in [0.3, 0.4) is 0 Å². The fourth-order valence-corrected chi connectivity index (χ4v) is 6.76. The molecular weight excluding hydrogens is 675 g/mol. The van der Waals surface area contributed by atoms with Gasteiger partial charge in [-0.15, -0.1) is 0 Å². The first-order valence-electron chi connectivity index (χ1n) is 11.2. The molecule has 0 amide bonds. The molecule has 3 aromatic rings. The topological polar surface area (TPSA) is 107 Å². The molecule has 11 heteroatoms. The van der Waals surface area contributed by atoms with E-state index >= 15 is 0 Å². The number of nitrogens with zero attached hydrogens (tertiary/aromatic N) is 2. The first-order valence-corrected chi connectivity index (χ1v) is 13.9. The van der Waals surface area contributed by atoms with Crippen LogP contribution in [0.2, 0.25) is 0 Å². The van der Waals surface area contributed by atoms with Gasteiger partial charge < -0.3 is 14.6 Å². The van der Waals surface area contributed by atoms with Crippen molar-refractivity contribution in [2.45, 2.75) is 26.8 Å². The van der Waals surface area contributed by atoms with E-state index in [1.165, 1.54) is 11.3 Å². The second-order valence-corrected chi connectivity index (χ2v) is 11.2. The number of hydrogen-bond donors (Lipinski definition) is 1. The van der Waals surface area contributed by atoms with E-state index in [1.54, 1.807) is 36.6 Å². The number of carbonyl (C=O) groups is 2. The van der Waals surface area contributed by atoms with Crippen LogP contribution in [0.1, 0.15) is 36.6 Å². The first kappa shape index (κ1) is 27.3. The van der Waals surface area contributed by atoms with Crippen molar-refractivity contribution in [2.24, 2.45) is 4.99 Å². The number of esters is 1. The second kappa shape index (κ2) is 11.3. The number of aryl methyl sites for hydroxylation is 1. The van der Waals surface area contributed by atoms with Crippen molar-refractivity contribution in [1.82, 2.24) is 4.57 Å². The number of thiazole rings is 1. The summed E-state index contributed by atoms with van der Waals surface area (Å²) < 4.78 is 13.9. The summed E-state index contributed by atoms with van der Waals surface area (Å²) in [5.74, 6) is -1.16. The average molecular weight is 697 g/mol. The first-order chi connectivity index (χ1) is 17.6. The minimum atomic E-state index is -1.08. The summed E-state index contributed by atoms with van der Waals surface area (Å²) in [6.07, 6.45) is 1.74. The lowest BCUT2D eigenvalue weighted by Gasteiger charge is -2.24. The van der Waals surface area contributed by atoms with E-state index in [0.717, 1.165) is 16.7 Å². The van der Waals surface area contributed by atoms with Gasteiger partial charge in [0, 0.05) is 0 Å². The molecule has 0 radical (unpaired) electrons. The van der Waals surface area contributed by atoms with Crippen LogP contribution in [-0.2, 0) is 14.3 Å². The lowest BCUT2D eigenvalue weighted by molar-refractivity contribution is -0.140. The Morgan fingerprint density at radius 3 is 2.57 bits per heavy atom. The Labute approximate surface area is 238 Å². The number of benzene rings is 2. The van der Waals surface area contributed by atoms with E-state index in [9.17, 15) is 14.4 Å². The normalized spacial score (nSPS) is 15.3. The zero-order chi connectivity index (χ0) is 26.9. The van der Waals surface area contributed by atoms with Crippen LogP contribution in [0.4, 0.5) is 0 Å². The van der Waals surface area contributed by atoms with Crippen LogP contribution in [0.5, 0.6) is 5.75 Å². The molecule has 0 spiro atoms. The lowest BCUT2D eigenvalue weighted by Crippen LogP contribution is -2.39. The van der Waals surface area contributed by atoms with Crippen LogP contribution < -0.4 is 19.6 Å². The van der Waals surface area contributed by atoms with E-state index in [0.29, 0.717) is 34.4 Å². The van der Waals surface area contributed by atoms with Gasteiger partial charge in [-0.05, 0) is 88.6 Å². The Morgan fingerprint density at radius 1 is 1.24 bits per heavy atom. The highest BCUT2D eigenvalue weighted by Crippen LogP contribution is 2.33. The molecule has 37 heavy (non-hydrogen) atoms. The van der Waals surface area contributed by atoms with E-state index in [-0.39, 0.29) is 12.2 Å². The summed E-state index contributed by atoms with van der Waals surface area (Å²) in [7, 11) is 0. The number of allylic oxidation sites excluding steroid dienone is 1. The zero-order valence-electron chi connectivity index (χ0n) is 20.1. The smallest absolute Gasteiger partial charge is 0.341 e. The largest absolute Gasteiger partial charge is 0.480 e. The molecule has 0 fully saturated rings. The van der Waals surface area contributed by atoms with Crippen molar-refractivity contribution in [1.29, 1.82) is 0 Å². The summed E-state index contributed by atoms with van der Waals surface area (Å²) in [4.78, 5) is 42.6. The summed E-state index contributed by atoms with van der Waals surface area (Å²) in [5, 5.41) is 8.91. The maximum atomic E-state index is 13.7. The van der Waals surface area contributed by atoms with Crippen LogP contribution >= 0.6 is 49.9 Å². The Balaban J connectivity index is 1.86. The highest BCUT2D eigenvalue weighted by Gasteiger charge is 2.33. The molecule has 0 bridgehead atoms. The summed E-state index contributed by atoms with van der Waals surface area (Å²) in [6, 6.07) is 10.6. The summed E-state index contributed by atoms with van der Waals surface area (Å²) in [6.45, 7) is 5.20. The number of ether oxygens (including phenoxy) is 2. The second-order valence-electron chi connectivity index (χ2n) is 8.21. The Kier molecular flexibility index (Phi) is 8.34. The van der Waals surface area contributed by atoms with Gasteiger partial charge in [-0.1, -0.05) is 41.2 Å². The number of hydrogen-bond acceptors (Lipinski definition) is 7. The van der Waals surface area contributed by atoms with E-state index in [2.05, 4.69) is 43.5 Å². The van der Waals surface area contributed by atoms with Crippen LogP contribution in [-0.4, -0.2) is 34.8 Å². The summed E-state index contributed by atoms with van der Waals surface area (Å²) >= 11 is 6.72. The predicted molar refractivity (Wildman–Crippen MR) is 152 cm³/mol. The van der Waals surface area contributed by atoms with Gasteiger partial charge in [-0.2, -0.15) is 0 Å². The third-order valence-electron chi connectivity index (χ3n) is 5.57. The molecule has 0 aliphatic carbocycles. The molecule has 1 N–H and O–H groups in total. The van der Waals surface area contributed by atoms with E-state index in [1.807, 2.05) is 31.2 Å². The molecule has 8 nitrogen and oxygen atoms in total. The Bertz CT molecular complexity index is 1580. The third-order valence-corrected chi connectivity index (χ3v) is 7.94. The van der Waals surface area contributed by atoms with Crippen molar-refractivity contribution >= 4 is 67.9 Å². The van der Waals surface area contributed by atoms with Gasteiger partial charge in [0.2, 0.25) is 0 Å². The maximum absolute atomic E-state index is 13.7. The minimum Gasteiger partial charge on any atom is -0.480 e. The molecule has 0 saturated heterocycles. The Morgan fingerprint density at radius 2 is 1.95 bits per heavy atom. The number of rotatable bonds is 7. The molecule has 1 aromatic heterocycles. The monoisotopic (exact) mass is 696 g/mol. The molecule has 1 atom stereocenters. The highest BCUT2D eigenvalue weighted by molar-refractivity contribution is 14.1. The number of carbonyl (C=O) groups excluding carboxylic acids is 1. The van der Waals surface area contributed by atoms with Gasteiger partial charge in [0.25, 0.3) is 5.56 Å². The molecule has 2 heterocycles. The van der Waals surface area contributed by atoms with Crippen molar-refractivity contribution in [2.75, 3.05) is 13.2 Å². The molecule has 1 aliphatic heterocycles. The number of fused-ring (bicyclic) bond motifs is 1. The van der Waals surface area contributed by atoms with Gasteiger partial charge in [0.15, 0.2) is 11.4 Å². The fraction of sp³-hybridized carbons (Fsp3) is 0.231. The van der Waals surface area contributed by atoms with Crippen LogP contribution in [0, 0.1) is 10.5 Å². The lowest BCUT2D eigenvalue weighted by atomic mass is 9.95. The Hall–Kier alpha value is -2.77. The van der Waals surface area contributed by atoms with Crippen molar-refractivity contribution < 1.29 is 24.2 Å². The minimum absolute atomic E-state index is 0.209. The molecular formula is C26H22BrIN2O6S. The van der Waals surface area contributed by atoms with E-state index in [4.69, 9.17) is 14.6 Å². The standard InChI is InChI=1S/C26H22BrIN2O6S/c1-4-35-25(34)21-14(3)29-26-30(22(21)16-7-5-13(2)6-8-16)24(33)19(37-26)11-15-9-17(27)23(18(28)10-15)36-12-20(31)32/h5-11,22H,4,12H2,1-3H3,(H,31,32)/b19-11+/t22-/m0/s1. The molecule has 4 rings (SSSR count). The molecule has 2 aromatic carbocycles. The number of aliphatic carboxylic acids is 1. The van der Waals surface area contributed by atoms with Gasteiger partial charge in [0.1, 0.15) is 5.75 Å². The van der Waals surface area contributed by atoms with E-state index < -0.39 is 24.6 Å². The van der Waals surface area contributed by atoms with Crippen LogP contribution in [0.15, 0.2) is 61.9 Å². The zero-order valence-corrected chi connectivity index (χ0v) is 24.6. The fourth-order valence-electron chi connectivity index (χ4n) is 3.94. The van der Waals surface area contributed by atoms with Gasteiger partial charge in [0.05, 0.1) is 36.5 Å². The number of carboxylic acid groups (broad SMARTS) is 1. The predicted octanol–water partition coefficient (Wildman–Crippen LogP) is 3.94. The molecule has 1 aliphatic rings.